The van der Waals surface area contributed by atoms with Crippen LogP contribution in [-0.2, 0) is 4.74 Å². The number of furan rings is 1. The van der Waals surface area contributed by atoms with Gasteiger partial charge in [-0.3, -0.25) is 4.79 Å². The van der Waals surface area contributed by atoms with E-state index in [9.17, 15) is 4.79 Å². The zero-order valence-electron chi connectivity index (χ0n) is 16.1. The van der Waals surface area contributed by atoms with Crippen LogP contribution in [0.5, 0.6) is 5.75 Å². The summed E-state index contributed by atoms with van der Waals surface area (Å²) in [5.41, 5.74) is 0.768. The first-order chi connectivity index (χ1) is 14.1. The molecule has 0 bridgehead atoms. The lowest BCUT2D eigenvalue weighted by atomic mass is 10.2. The molecule has 1 unspecified atom stereocenters. The standard InChI is InChI=1S/C20H21ClN4O4/c1-12(16-10-13-4-3-5-15(27-2)18(13)29-16)23-19(26)17-14(21)11-22-20(24-17)25-6-8-28-9-7-25/h3-5,10-12H,6-9H2,1-2H3,(H,23,26). The number of hydrogen-bond donors (Lipinski definition) is 1. The van der Waals surface area contributed by atoms with Crippen molar-refractivity contribution in [3.05, 3.63) is 46.9 Å². The van der Waals surface area contributed by atoms with Crippen molar-refractivity contribution in [3.8, 4) is 5.75 Å². The molecule has 1 aromatic carbocycles. The van der Waals surface area contributed by atoms with Gasteiger partial charge in [-0.25, -0.2) is 9.97 Å². The molecule has 3 heterocycles. The molecule has 3 aromatic rings. The van der Waals surface area contributed by atoms with Gasteiger partial charge in [0.1, 0.15) is 5.76 Å². The van der Waals surface area contributed by atoms with Crippen LogP contribution in [0.1, 0.15) is 29.2 Å². The van der Waals surface area contributed by atoms with E-state index in [0.29, 0.717) is 49.3 Å². The Morgan fingerprint density at radius 2 is 2.14 bits per heavy atom. The van der Waals surface area contributed by atoms with Gasteiger partial charge >= 0.3 is 0 Å². The number of nitrogens with zero attached hydrogens (tertiary/aromatic N) is 3. The highest BCUT2D eigenvalue weighted by molar-refractivity contribution is 6.33. The van der Waals surface area contributed by atoms with E-state index < -0.39 is 11.9 Å². The Morgan fingerprint density at radius 1 is 1.34 bits per heavy atom. The number of carbonyl (C=O) groups is 1. The van der Waals surface area contributed by atoms with Crippen molar-refractivity contribution in [1.29, 1.82) is 0 Å². The number of para-hydroxylation sites is 1. The second kappa shape index (κ2) is 8.26. The molecular formula is C20H21ClN4O4. The molecule has 1 atom stereocenters. The van der Waals surface area contributed by atoms with Gasteiger partial charge in [-0.05, 0) is 19.1 Å². The van der Waals surface area contributed by atoms with Gasteiger partial charge in [-0.2, -0.15) is 0 Å². The van der Waals surface area contributed by atoms with Gasteiger partial charge in [0.25, 0.3) is 5.91 Å². The average Bonchev–Trinajstić information content (AvgIpc) is 3.19. The van der Waals surface area contributed by atoms with Crippen molar-refractivity contribution in [3.63, 3.8) is 0 Å². The predicted molar refractivity (Wildman–Crippen MR) is 109 cm³/mol. The minimum Gasteiger partial charge on any atom is -0.493 e. The van der Waals surface area contributed by atoms with Gasteiger partial charge in [-0.15, -0.1) is 0 Å². The van der Waals surface area contributed by atoms with E-state index in [1.807, 2.05) is 36.1 Å². The molecule has 2 aromatic heterocycles. The van der Waals surface area contributed by atoms with E-state index in [2.05, 4.69) is 15.3 Å². The highest BCUT2D eigenvalue weighted by Gasteiger charge is 2.22. The van der Waals surface area contributed by atoms with Crippen molar-refractivity contribution < 1.29 is 18.7 Å². The molecule has 1 aliphatic rings. The van der Waals surface area contributed by atoms with E-state index in [-0.39, 0.29) is 10.7 Å². The fourth-order valence-corrected chi connectivity index (χ4v) is 3.38. The number of aromatic nitrogens is 2. The van der Waals surface area contributed by atoms with E-state index in [4.69, 9.17) is 25.5 Å². The molecule has 1 N–H and O–H groups in total. The lowest BCUT2D eigenvalue weighted by Crippen LogP contribution is -2.38. The third-order valence-electron chi connectivity index (χ3n) is 4.76. The summed E-state index contributed by atoms with van der Waals surface area (Å²) in [7, 11) is 1.59. The SMILES string of the molecule is COc1cccc2cc(C(C)NC(=O)c3nc(N4CCOCC4)ncc3Cl)oc12. The molecule has 4 rings (SSSR count). The summed E-state index contributed by atoms with van der Waals surface area (Å²) in [6.07, 6.45) is 1.45. The zero-order chi connectivity index (χ0) is 20.4. The maximum absolute atomic E-state index is 12.8. The van der Waals surface area contributed by atoms with Crippen molar-refractivity contribution >= 4 is 34.4 Å². The first-order valence-corrected chi connectivity index (χ1v) is 9.67. The highest BCUT2D eigenvalue weighted by atomic mass is 35.5. The topological polar surface area (TPSA) is 89.7 Å². The number of hydrogen-bond acceptors (Lipinski definition) is 7. The third kappa shape index (κ3) is 3.99. The van der Waals surface area contributed by atoms with Crippen LogP contribution in [0.15, 0.2) is 34.9 Å². The molecule has 8 nitrogen and oxygen atoms in total. The number of benzene rings is 1. The van der Waals surface area contributed by atoms with Gasteiger partial charge in [0, 0.05) is 18.5 Å². The van der Waals surface area contributed by atoms with Gasteiger partial charge in [0.15, 0.2) is 17.0 Å². The van der Waals surface area contributed by atoms with Crippen LogP contribution >= 0.6 is 11.6 Å². The number of halogens is 1. The molecule has 0 saturated carbocycles. The van der Waals surface area contributed by atoms with E-state index in [1.54, 1.807) is 7.11 Å². The molecule has 1 fully saturated rings. The average molecular weight is 417 g/mol. The fourth-order valence-electron chi connectivity index (χ4n) is 3.20. The monoisotopic (exact) mass is 416 g/mol. The summed E-state index contributed by atoms with van der Waals surface area (Å²) in [6.45, 7) is 4.36. The Labute approximate surface area is 172 Å². The van der Waals surface area contributed by atoms with Gasteiger partial charge in [-0.1, -0.05) is 23.7 Å². The lowest BCUT2D eigenvalue weighted by Gasteiger charge is -2.27. The molecule has 1 saturated heterocycles. The maximum Gasteiger partial charge on any atom is 0.272 e. The number of fused-ring (bicyclic) bond motifs is 1. The summed E-state index contributed by atoms with van der Waals surface area (Å²) in [5.74, 6) is 1.31. The first kappa shape index (κ1) is 19.5. The number of methoxy groups -OCH3 is 1. The number of morpholine rings is 1. The summed E-state index contributed by atoms with van der Waals surface area (Å²) in [6, 6.07) is 7.13. The van der Waals surface area contributed by atoms with Crippen LogP contribution in [0.4, 0.5) is 5.95 Å². The normalized spacial score (nSPS) is 15.3. The number of amides is 1. The lowest BCUT2D eigenvalue weighted by molar-refractivity contribution is 0.0930. The molecule has 0 radical (unpaired) electrons. The van der Waals surface area contributed by atoms with Gasteiger partial charge in [0.2, 0.25) is 5.95 Å². The second-order valence-corrected chi connectivity index (χ2v) is 7.10. The van der Waals surface area contributed by atoms with E-state index in [1.165, 1.54) is 6.20 Å². The maximum atomic E-state index is 12.8. The number of rotatable bonds is 5. The molecule has 152 valence electrons. The minimum atomic E-state index is -0.396. The van der Waals surface area contributed by atoms with Crippen LogP contribution in [0.3, 0.4) is 0 Å². The molecule has 29 heavy (non-hydrogen) atoms. The van der Waals surface area contributed by atoms with Crippen molar-refractivity contribution in [2.24, 2.45) is 0 Å². The Hall–Kier alpha value is -2.84. The zero-order valence-corrected chi connectivity index (χ0v) is 16.9. The van der Waals surface area contributed by atoms with E-state index >= 15 is 0 Å². The molecule has 0 spiro atoms. The minimum absolute atomic E-state index is 0.128. The van der Waals surface area contributed by atoms with Crippen LogP contribution in [0, 0.1) is 0 Å². The third-order valence-corrected chi connectivity index (χ3v) is 5.04. The second-order valence-electron chi connectivity index (χ2n) is 6.69. The van der Waals surface area contributed by atoms with Crippen LogP contribution in [0.25, 0.3) is 11.0 Å². The summed E-state index contributed by atoms with van der Waals surface area (Å²) in [5, 5.41) is 3.98. The van der Waals surface area contributed by atoms with Crippen LogP contribution < -0.4 is 15.0 Å². The Balaban J connectivity index is 1.54. The molecule has 1 aliphatic heterocycles. The predicted octanol–water partition coefficient (Wildman–Crippen LogP) is 3.21. The Bertz CT molecular complexity index is 1030. The Morgan fingerprint density at radius 3 is 2.90 bits per heavy atom. The van der Waals surface area contributed by atoms with E-state index in [0.717, 1.165) is 5.39 Å². The molecule has 0 aliphatic carbocycles. The van der Waals surface area contributed by atoms with Crippen molar-refractivity contribution in [1.82, 2.24) is 15.3 Å². The first-order valence-electron chi connectivity index (χ1n) is 9.29. The summed E-state index contributed by atoms with van der Waals surface area (Å²) < 4.78 is 16.6. The summed E-state index contributed by atoms with van der Waals surface area (Å²) >= 11 is 6.19. The van der Waals surface area contributed by atoms with Crippen LogP contribution in [0.2, 0.25) is 5.02 Å². The van der Waals surface area contributed by atoms with Crippen LogP contribution in [-0.4, -0.2) is 49.3 Å². The smallest absolute Gasteiger partial charge is 0.272 e. The fraction of sp³-hybridized carbons (Fsp3) is 0.350. The molecule has 9 heteroatoms. The highest BCUT2D eigenvalue weighted by Crippen LogP contribution is 2.31. The molecular weight excluding hydrogens is 396 g/mol. The molecule has 1 amide bonds. The number of anilines is 1. The number of nitrogens with one attached hydrogen (secondary N) is 1. The van der Waals surface area contributed by atoms with Crippen molar-refractivity contribution in [2.45, 2.75) is 13.0 Å². The number of carbonyl (C=O) groups excluding carboxylic acids is 1. The number of ether oxygens (including phenoxy) is 2. The largest absolute Gasteiger partial charge is 0.493 e. The summed E-state index contributed by atoms with van der Waals surface area (Å²) in [4.78, 5) is 23.4. The van der Waals surface area contributed by atoms with Gasteiger partial charge in [0.05, 0.1) is 37.6 Å². The Kier molecular flexibility index (Phi) is 5.55. The quantitative estimate of drug-likeness (QED) is 0.682. The van der Waals surface area contributed by atoms with Crippen molar-refractivity contribution in [2.75, 3.05) is 38.3 Å². The van der Waals surface area contributed by atoms with Gasteiger partial charge < -0.3 is 24.1 Å².